The monoisotopic (exact) mass is 274 g/mol. The summed E-state index contributed by atoms with van der Waals surface area (Å²) >= 11 is 0. The average molecular weight is 274 g/mol. The van der Waals surface area contributed by atoms with E-state index in [1.165, 1.54) is 6.42 Å². The lowest BCUT2D eigenvalue weighted by molar-refractivity contribution is 0.101. The molecule has 1 aliphatic rings. The van der Waals surface area contributed by atoms with E-state index in [0.29, 0.717) is 18.0 Å². The van der Waals surface area contributed by atoms with Crippen molar-refractivity contribution in [3.05, 3.63) is 29.3 Å². The average Bonchev–Trinajstić information content (AvgIpc) is 2.47. The van der Waals surface area contributed by atoms with E-state index in [-0.39, 0.29) is 6.10 Å². The number of aliphatic hydroxyl groups excluding tert-OH is 1. The fraction of sp³-hybridized carbons (Fsp3) is 0.562. The molecule has 1 aromatic rings. The standard InChI is InChI=1S/C16H22N2O2/c1-20-16-6-5-12(9-17)7-14(16)11-18-10-13-3-2-4-15(19)8-13/h5-7,13,15,18-19H,2-4,8,10-11H2,1H3. The molecule has 1 saturated carbocycles. The van der Waals surface area contributed by atoms with Crippen molar-refractivity contribution >= 4 is 0 Å². The molecule has 0 aromatic heterocycles. The molecule has 2 unspecified atom stereocenters. The number of nitrogens with zero attached hydrogens (tertiary/aromatic N) is 1. The zero-order valence-electron chi connectivity index (χ0n) is 11.9. The molecule has 20 heavy (non-hydrogen) atoms. The Kier molecular flexibility index (Phi) is 5.40. The third-order valence-corrected chi connectivity index (χ3v) is 3.91. The first-order chi connectivity index (χ1) is 9.72. The Morgan fingerprint density at radius 1 is 1.45 bits per heavy atom. The van der Waals surface area contributed by atoms with Gasteiger partial charge in [0.15, 0.2) is 0 Å². The van der Waals surface area contributed by atoms with E-state index in [4.69, 9.17) is 10.00 Å². The van der Waals surface area contributed by atoms with Crippen molar-refractivity contribution in [1.29, 1.82) is 5.26 Å². The zero-order valence-corrected chi connectivity index (χ0v) is 11.9. The van der Waals surface area contributed by atoms with E-state index in [1.54, 1.807) is 13.2 Å². The van der Waals surface area contributed by atoms with Gasteiger partial charge in [-0.05, 0) is 49.9 Å². The SMILES string of the molecule is COc1ccc(C#N)cc1CNCC1CCCC(O)C1. The van der Waals surface area contributed by atoms with E-state index < -0.39 is 0 Å². The van der Waals surface area contributed by atoms with Gasteiger partial charge < -0.3 is 15.2 Å². The number of rotatable bonds is 5. The van der Waals surface area contributed by atoms with Crippen LogP contribution in [0.15, 0.2) is 18.2 Å². The third kappa shape index (κ3) is 3.96. The van der Waals surface area contributed by atoms with Crippen molar-refractivity contribution in [3.63, 3.8) is 0 Å². The number of hydrogen-bond acceptors (Lipinski definition) is 4. The fourth-order valence-corrected chi connectivity index (χ4v) is 2.85. The molecule has 0 heterocycles. The zero-order chi connectivity index (χ0) is 14.4. The molecule has 0 radical (unpaired) electrons. The molecule has 1 aromatic carbocycles. The van der Waals surface area contributed by atoms with E-state index >= 15 is 0 Å². The molecule has 4 nitrogen and oxygen atoms in total. The second kappa shape index (κ2) is 7.28. The lowest BCUT2D eigenvalue weighted by atomic mass is 9.87. The summed E-state index contributed by atoms with van der Waals surface area (Å²) in [6.45, 7) is 1.59. The predicted molar refractivity (Wildman–Crippen MR) is 77.4 cm³/mol. The van der Waals surface area contributed by atoms with E-state index in [2.05, 4.69) is 11.4 Å². The van der Waals surface area contributed by atoms with Gasteiger partial charge in [-0.3, -0.25) is 0 Å². The maximum absolute atomic E-state index is 9.66. The molecule has 0 amide bonds. The minimum atomic E-state index is -0.132. The number of nitrogens with one attached hydrogen (secondary N) is 1. The maximum Gasteiger partial charge on any atom is 0.123 e. The number of ether oxygens (including phenoxy) is 1. The molecule has 0 bridgehead atoms. The van der Waals surface area contributed by atoms with Crippen LogP contribution in [0.1, 0.15) is 36.8 Å². The largest absolute Gasteiger partial charge is 0.496 e. The van der Waals surface area contributed by atoms with Crippen LogP contribution >= 0.6 is 0 Å². The van der Waals surface area contributed by atoms with Crippen LogP contribution < -0.4 is 10.1 Å². The summed E-state index contributed by atoms with van der Waals surface area (Å²) in [5, 5.41) is 22.0. The van der Waals surface area contributed by atoms with Crippen molar-refractivity contribution < 1.29 is 9.84 Å². The Hall–Kier alpha value is -1.57. The molecule has 2 N–H and O–H groups in total. The molecular weight excluding hydrogens is 252 g/mol. The molecule has 2 rings (SSSR count). The highest BCUT2D eigenvalue weighted by atomic mass is 16.5. The number of methoxy groups -OCH3 is 1. The van der Waals surface area contributed by atoms with Crippen LogP contribution in [0.5, 0.6) is 5.75 Å². The van der Waals surface area contributed by atoms with Gasteiger partial charge in [0.1, 0.15) is 5.75 Å². The molecule has 108 valence electrons. The molecule has 0 aliphatic heterocycles. The topological polar surface area (TPSA) is 65.3 Å². The smallest absolute Gasteiger partial charge is 0.123 e. The van der Waals surface area contributed by atoms with Gasteiger partial charge in [-0.1, -0.05) is 6.42 Å². The Balaban J connectivity index is 1.88. The van der Waals surface area contributed by atoms with Gasteiger partial charge in [-0.15, -0.1) is 0 Å². The van der Waals surface area contributed by atoms with Crippen LogP contribution in [0, 0.1) is 17.2 Å². The first kappa shape index (κ1) is 14.8. The third-order valence-electron chi connectivity index (χ3n) is 3.91. The quantitative estimate of drug-likeness (QED) is 0.864. The number of hydrogen-bond donors (Lipinski definition) is 2. The van der Waals surface area contributed by atoms with Crippen LogP contribution in [0.3, 0.4) is 0 Å². The summed E-state index contributed by atoms with van der Waals surface area (Å²) in [6, 6.07) is 7.61. The lowest BCUT2D eigenvalue weighted by Gasteiger charge is -2.26. The van der Waals surface area contributed by atoms with Crippen molar-refractivity contribution in [1.82, 2.24) is 5.32 Å². The second-order valence-corrected chi connectivity index (χ2v) is 5.46. The van der Waals surface area contributed by atoms with E-state index in [0.717, 1.165) is 37.1 Å². The molecule has 0 saturated heterocycles. The number of benzene rings is 1. The minimum absolute atomic E-state index is 0.132. The summed E-state index contributed by atoms with van der Waals surface area (Å²) in [5.74, 6) is 1.35. The van der Waals surface area contributed by atoms with Crippen LogP contribution in [-0.2, 0) is 6.54 Å². The predicted octanol–water partition coefficient (Wildman–Crippen LogP) is 2.21. The Labute approximate surface area is 120 Å². The molecule has 2 atom stereocenters. The molecular formula is C16H22N2O2. The highest BCUT2D eigenvalue weighted by Crippen LogP contribution is 2.24. The van der Waals surface area contributed by atoms with Gasteiger partial charge in [0, 0.05) is 12.1 Å². The summed E-state index contributed by atoms with van der Waals surface area (Å²) in [6.07, 6.45) is 3.99. The van der Waals surface area contributed by atoms with E-state index in [1.807, 2.05) is 12.1 Å². The van der Waals surface area contributed by atoms with Gasteiger partial charge in [0.25, 0.3) is 0 Å². The minimum Gasteiger partial charge on any atom is -0.496 e. The molecule has 4 heteroatoms. The van der Waals surface area contributed by atoms with Gasteiger partial charge in [-0.2, -0.15) is 5.26 Å². The van der Waals surface area contributed by atoms with Gasteiger partial charge in [0.2, 0.25) is 0 Å². The van der Waals surface area contributed by atoms with Gasteiger partial charge in [-0.25, -0.2) is 0 Å². The van der Waals surface area contributed by atoms with Crippen molar-refractivity contribution in [2.24, 2.45) is 5.92 Å². The highest BCUT2D eigenvalue weighted by Gasteiger charge is 2.19. The highest BCUT2D eigenvalue weighted by molar-refractivity contribution is 5.41. The number of aliphatic hydroxyl groups is 1. The van der Waals surface area contributed by atoms with Gasteiger partial charge >= 0.3 is 0 Å². The summed E-state index contributed by atoms with van der Waals surface area (Å²) < 4.78 is 5.32. The Bertz CT molecular complexity index is 482. The maximum atomic E-state index is 9.66. The van der Waals surface area contributed by atoms with E-state index in [9.17, 15) is 5.11 Å². The lowest BCUT2D eigenvalue weighted by Crippen LogP contribution is -2.29. The Morgan fingerprint density at radius 2 is 2.30 bits per heavy atom. The fourth-order valence-electron chi connectivity index (χ4n) is 2.85. The summed E-state index contributed by atoms with van der Waals surface area (Å²) in [7, 11) is 1.64. The van der Waals surface area contributed by atoms with Gasteiger partial charge in [0.05, 0.1) is 24.8 Å². The Morgan fingerprint density at radius 3 is 3.00 bits per heavy atom. The van der Waals surface area contributed by atoms with Crippen molar-refractivity contribution in [2.75, 3.05) is 13.7 Å². The molecule has 1 aliphatic carbocycles. The first-order valence-corrected chi connectivity index (χ1v) is 7.18. The van der Waals surface area contributed by atoms with Crippen LogP contribution in [0.2, 0.25) is 0 Å². The van der Waals surface area contributed by atoms with Crippen molar-refractivity contribution in [3.8, 4) is 11.8 Å². The summed E-state index contributed by atoms with van der Waals surface area (Å²) in [5.41, 5.74) is 1.65. The van der Waals surface area contributed by atoms with Crippen LogP contribution in [0.25, 0.3) is 0 Å². The normalized spacial score (nSPS) is 22.2. The van der Waals surface area contributed by atoms with Crippen molar-refractivity contribution in [2.45, 2.75) is 38.3 Å². The molecule has 1 fully saturated rings. The summed E-state index contributed by atoms with van der Waals surface area (Å²) in [4.78, 5) is 0. The molecule has 0 spiro atoms. The van der Waals surface area contributed by atoms with Crippen LogP contribution in [0.4, 0.5) is 0 Å². The van der Waals surface area contributed by atoms with Crippen LogP contribution in [-0.4, -0.2) is 24.9 Å². The first-order valence-electron chi connectivity index (χ1n) is 7.18. The number of nitriles is 1. The second-order valence-electron chi connectivity index (χ2n) is 5.46.